The molecule has 0 bridgehead atoms. The Morgan fingerprint density at radius 3 is 2.07 bits per heavy atom. The molecule has 1 heterocycles. The van der Waals surface area contributed by atoms with Crippen LogP contribution in [0.25, 0.3) is 10.9 Å². The second kappa shape index (κ2) is 14.1. The zero-order valence-corrected chi connectivity index (χ0v) is 25.0. The molecule has 0 spiro atoms. The summed E-state index contributed by atoms with van der Waals surface area (Å²) in [6.07, 6.45) is 6.71. The van der Waals surface area contributed by atoms with Gasteiger partial charge in [0.2, 0.25) is 0 Å². The maximum Gasteiger partial charge on any atom is 0.194 e. The van der Waals surface area contributed by atoms with Crippen LogP contribution in [0.1, 0.15) is 89.2 Å². The lowest BCUT2D eigenvalue weighted by molar-refractivity contribution is 0.0979. The first kappa shape index (κ1) is 30.1. The molecule has 1 fully saturated rings. The molecular formula is C35H42N4O2. The molecule has 1 saturated carbocycles. The molecule has 2 aliphatic carbocycles. The Kier molecular flexibility index (Phi) is 10.4. The Morgan fingerprint density at radius 2 is 1.39 bits per heavy atom. The predicted octanol–water partition coefficient (Wildman–Crippen LogP) is 7.16. The van der Waals surface area contributed by atoms with Crippen LogP contribution in [0.2, 0.25) is 0 Å². The van der Waals surface area contributed by atoms with Crippen molar-refractivity contribution in [2.75, 3.05) is 25.5 Å². The van der Waals surface area contributed by atoms with E-state index < -0.39 is 0 Å². The van der Waals surface area contributed by atoms with Crippen molar-refractivity contribution in [3.8, 4) is 0 Å². The van der Waals surface area contributed by atoms with Crippen LogP contribution in [0.15, 0.2) is 66.7 Å². The zero-order valence-electron chi connectivity index (χ0n) is 25.0. The van der Waals surface area contributed by atoms with Gasteiger partial charge in [-0.25, -0.2) is 9.97 Å². The number of nitrogens with zero attached hydrogens (tertiary/aromatic N) is 3. The van der Waals surface area contributed by atoms with Crippen molar-refractivity contribution in [2.45, 2.75) is 59.4 Å². The van der Waals surface area contributed by atoms with Gasteiger partial charge in [-0.15, -0.1) is 0 Å². The van der Waals surface area contributed by atoms with Crippen molar-refractivity contribution in [1.82, 2.24) is 15.3 Å². The molecule has 0 saturated heterocycles. The molecule has 0 amide bonds. The van der Waals surface area contributed by atoms with Crippen LogP contribution >= 0.6 is 0 Å². The highest BCUT2D eigenvalue weighted by Gasteiger charge is 2.29. The molecule has 41 heavy (non-hydrogen) atoms. The molecule has 6 heteroatoms. The SMILES string of the molecule is CC.Cc1nc(N(C)C)c2ccccc2n1.O=C1c2ccccc2C(=O)c2cc(CNCC3CCCCC3)ccc21. The Bertz CT molecular complexity index is 1510. The molecule has 6 rings (SSSR count). The molecule has 0 atom stereocenters. The average Bonchev–Trinajstić information content (AvgIpc) is 3.01. The summed E-state index contributed by atoms with van der Waals surface area (Å²) in [5.74, 6) is 2.48. The fourth-order valence-electron chi connectivity index (χ4n) is 5.58. The lowest BCUT2D eigenvalue weighted by Gasteiger charge is -2.22. The standard InChI is InChI=1S/C22H23NO2.C11H13N3.C2H6/c24-21-17-8-4-5-9-18(17)22(25)20-12-16(10-11-19(20)21)14-23-13-15-6-2-1-3-7-15;1-8-12-10-7-5-4-6-9(10)11(13-8)14(2)3;1-2/h4-5,8-12,15,23H,1-3,6-7,13-14H2;4-7H,1-3H3;1-2H3. The third kappa shape index (κ3) is 7.06. The number of aryl methyl sites for hydroxylation is 1. The lowest BCUT2D eigenvalue weighted by Crippen LogP contribution is -2.25. The molecule has 214 valence electrons. The Hall–Kier alpha value is -3.90. The van der Waals surface area contributed by atoms with E-state index in [0.717, 1.165) is 47.1 Å². The van der Waals surface area contributed by atoms with Crippen LogP contribution in [-0.4, -0.2) is 42.2 Å². The van der Waals surface area contributed by atoms with Gasteiger partial charge >= 0.3 is 0 Å². The molecule has 6 nitrogen and oxygen atoms in total. The number of carbonyl (C=O) groups is 2. The first-order valence-electron chi connectivity index (χ1n) is 14.8. The fraction of sp³-hybridized carbons (Fsp3) is 0.371. The molecule has 1 aromatic heterocycles. The molecule has 1 N–H and O–H groups in total. The average molecular weight is 551 g/mol. The summed E-state index contributed by atoms with van der Waals surface area (Å²) >= 11 is 0. The second-order valence-corrected chi connectivity index (χ2v) is 10.7. The van der Waals surface area contributed by atoms with Gasteiger partial charge in [-0.3, -0.25) is 9.59 Å². The van der Waals surface area contributed by atoms with Crippen LogP contribution in [0.4, 0.5) is 5.82 Å². The molecule has 0 aliphatic heterocycles. The summed E-state index contributed by atoms with van der Waals surface area (Å²) in [7, 11) is 3.99. The largest absolute Gasteiger partial charge is 0.362 e. The number of aromatic nitrogens is 2. The lowest BCUT2D eigenvalue weighted by atomic mass is 9.83. The van der Waals surface area contributed by atoms with Crippen LogP contribution in [0, 0.1) is 12.8 Å². The topological polar surface area (TPSA) is 75.2 Å². The Morgan fingerprint density at radius 1 is 0.780 bits per heavy atom. The molecule has 3 aromatic carbocycles. The van der Waals surface area contributed by atoms with Crippen LogP contribution < -0.4 is 10.2 Å². The minimum atomic E-state index is -0.0492. The highest BCUT2D eigenvalue weighted by molar-refractivity contribution is 6.28. The molecule has 0 unspecified atom stereocenters. The van der Waals surface area contributed by atoms with Crippen molar-refractivity contribution in [3.63, 3.8) is 0 Å². The van der Waals surface area contributed by atoms with Gasteiger partial charge in [0.25, 0.3) is 0 Å². The van der Waals surface area contributed by atoms with Gasteiger partial charge in [0.05, 0.1) is 5.52 Å². The molecule has 2 aliphatic rings. The third-order valence-electron chi connectivity index (χ3n) is 7.59. The fourth-order valence-corrected chi connectivity index (χ4v) is 5.58. The van der Waals surface area contributed by atoms with E-state index >= 15 is 0 Å². The Balaban J connectivity index is 0.000000205. The maximum atomic E-state index is 12.8. The minimum absolute atomic E-state index is 0.0423. The van der Waals surface area contributed by atoms with Gasteiger partial charge in [-0.2, -0.15) is 0 Å². The van der Waals surface area contributed by atoms with E-state index in [1.807, 2.05) is 88.3 Å². The van der Waals surface area contributed by atoms with Crippen LogP contribution in [0.3, 0.4) is 0 Å². The minimum Gasteiger partial charge on any atom is -0.362 e. The maximum absolute atomic E-state index is 12.8. The first-order chi connectivity index (χ1) is 19.9. The monoisotopic (exact) mass is 550 g/mol. The quantitative estimate of drug-likeness (QED) is 0.250. The van der Waals surface area contributed by atoms with Crippen LogP contribution in [0.5, 0.6) is 0 Å². The van der Waals surface area contributed by atoms with Crippen molar-refractivity contribution in [3.05, 3.63) is 100 Å². The van der Waals surface area contributed by atoms with Gasteiger partial charge < -0.3 is 10.2 Å². The first-order valence-corrected chi connectivity index (χ1v) is 14.8. The predicted molar refractivity (Wildman–Crippen MR) is 168 cm³/mol. The number of hydrogen-bond donors (Lipinski definition) is 1. The summed E-state index contributed by atoms with van der Waals surface area (Å²) in [6.45, 7) is 7.69. The summed E-state index contributed by atoms with van der Waals surface area (Å²) in [5.41, 5.74) is 4.18. The number of ketones is 2. The summed E-state index contributed by atoms with van der Waals surface area (Å²) in [4.78, 5) is 36.2. The number of rotatable bonds is 5. The molecular weight excluding hydrogens is 508 g/mol. The van der Waals surface area contributed by atoms with E-state index in [1.165, 1.54) is 32.1 Å². The second-order valence-electron chi connectivity index (χ2n) is 10.7. The number of para-hydroxylation sites is 1. The van der Waals surface area contributed by atoms with E-state index in [9.17, 15) is 9.59 Å². The molecule has 4 aromatic rings. The highest BCUT2D eigenvalue weighted by Crippen LogP contribution is 2.28. The number of benzene rings is 3. The smallest absolute Gasteiger partial charge is 0.194 e. The molecule has 0 radical (unpaired) electrons. The number of anilines is 1. The number of hydrogen-bond acceptors (Lipinski definition) is 6. The number of nitrogens with one attached hydrogen (secondary N) is 1. The van der Waals surface area contributed by atoms with E-state index in [-0.39, 0.29) is 11.6 Å². The summed E-state index contributed by atoms with van der Waals surface area (Å²) in [6, 6.07) is 20.8. The van der Waals surface area contributed by atoms with Gasteiger partial charge in [0, 0.05) is 48.3 Å². The summed E-state index contributed by atoms with van der Waals surface area (Å²) < 4.78 is 0. The van der Waals surface area contributed by atoms with E-state index in [4.69, 9.17) is 0 Å². The number of carbonyl (C=O) groups excluding carboxylic acids is 2. The third-order valence-corrected chi connectivity index (χ3v) is 7.59. The van der Waals surface area contributed by atoms with Gasteiger partial charge in [0.1, 0.15) is 11.6 Å². The number of fused-ring (bicyclic) bond motifs is 3. The van der Waals surface area contributed by atoms with Crippen molar-refractivity contribution < 1.29 is 9.59 Å². The highest BCUT2D eigenvalue weighted by atomic mass is 16.1. The summed E-state index contributed by atoms with van der Waals surface area (Å²) in [5, 5.41) is 4.63. The normalized spacial score (nSPS) is 14.3. The zero-order chi connectivity index (χ0) is 29.4. The van der Waals surface area contributed by atoms with Gasteiger partial charge in [-0.05, 0) is 62.1 Å². The van der Waals surface area contributed by atoms with Gasteiger partial charge in [-0.1, -0.05) is 75.6 Å². The van der Waals surface area contributed by atoms with E-state index in [1.54, 1.807) is 18.2 Å². The van der Waals surface area contributed by atoms with Crippen LogP contribution in [-0.2, 0) is 6.54 Å². The van der Waals surface area contributed by atoms with Crippen molar-refractivity contribution in [2.24, 2.45) is 5.92 Å². The van der Waals surface area contributed by atoms with E-state index in [2.05, 4.69) is 15.3 Å². The van der Waals surface area contributed by atoms with Crippen molar-refractivity contribution in [1.29, 1.82) is 0 Å². The Labute approximate surface area is 244 Å². The van der Waals surface area contributed by atoms with Crippen molar-refractivity contribution >= 4 is 28.3 Å². The van der Waals surface area contributed by atoms with Gasteiger partial charge in [0.15, 0.2) is 11.6 Å². The van der Waals surface area contributed by atoms with E-state index in [0.29, 0.717) is 22.3 Å².